The second-order valence-electron chi connectivity index (χ2n) is 7.71. The lowest BCUT2D eigenvalue weighted by Crippen LogP contribution is -2.44. The molecule has 1 aromatic carbocycles. The van der Waals surface area contributed by atoms with Crippen molar-refractivity contribution in [3.05, 3.63) is 65.5 Å². The average Bonchev–Trinajstić information content (AvgIpc) is 3.25. The Balaban J connectivity index is 1.37. The number of aromatic nitrogens is 4. The first-order valence-corrected chi connectivity index (χ1v) is 10.7. The lowest BCUT2D eigenvalue weighted by atomic mass is 10.0. The smallest absolute Gasteiger partial charge is 0.254 e. The fourth-order valence-corrected chi connectivity index (χ4v) is 3.98. The van der Waals surface area contributed by atoms with Crippen molar-refractivity contribution in [3.8, 4) is 11.7 Å². The van der Waals surface area contributed by atoms with Crippen LogP contribution in [-0.2, 0) is 13.0 Å². The van der Waals surface area contributed by atoms with Gasteiger partial charge in [0.25, 0.3) is 5.91 Å². The molecule has 0 aliphatic carbocycles. The first-order chi connectivity index (χ1) is 15.2. The van der Waals surface area contributed by atoms with E-state index in [1.165, 1.54) is 5.56 Å². The molecule has 4 rings (SSSR count). The van der Waals surface area contributed by atoms with Crippen LogP contribution in [0.1, 0.15) is 41.4 Å². The Morgan fingerprint density at radius 3 is 2.55 bits per heavy atom. The minimum atomic E-state index is -0.0777. The highest BCUT2D eigenvalue weighted by Gasteiger charge is 2.24. The van der Waals surface area contributed by atoms with E-state index >= 15 is 0 Å². The first-order valence-electron chi connectivity index (χ1n) is 10.7. The van der Waals surface area contributed by atoms with Crippen LogP contribution in [-0.4, -0.2) is 57.0 Å². The number of ether oxygens (including phenoxy) is 1. The molecule has 1 aliphatic rings. The molecule has 0 atom stereocenters. The molecule has 0 unspecified atom stereocenters. The van der Waals surface area contributed by atoms with Crippen molar-refractivity contribution in [2.45, 2.75) is 38.8 Å². The molecular weight excluding hydrogens is 392 g/mol. The Kier molecular flexibility index (Phi) is 6.57. The molecule has 8 nitrogen and oxygen atoms in total. The summed E-state index contributed by atoms with van der Waals surface area (Å²) in [5, 5.41) is 15.7. The van der Waals surface area contributed by atoms with Gasteiger partial charge in [-0.1, -0.05) is 37.3 Å². The van der Waals surface area contributed by atoms with E-state index in [1.807, 2.05) is 13.0 Å². The van der Waals surface area contributed by atoms with E-state index in [-0.39, 0.29) is 11.9 Å². The summed E-state index contributed by atoms with van der Waals surface area (Å²) in [6.45, 7) is 4.91. The minimum absolute atomic E-state index is 0.0777. The molecule has 2 aromatic heterocycles. The Bertz CT molecular complexity index is 995. The standard InChI is InChI=1S/C23H28N6O2/c1-3-20-19(15-24-29(20)21-9-10-22(31-2)27-26-21)23(30)25-18-11-13-28(14-12-18)16-17-7-5-4-6-8-17/h4-10,15,18H,3,11-14,16H2,1-2H3,(H,25,30). The van der Waals surface area contributed by atoms with Gasteiger partial charge >= 0.3 is 0 Å². The van der Waals surface area contributed by atoms with Crippen LogP contribution in [0.3, 0.4) is 0 Å². The molecule has 0 radical (unpaired) electrons. The number of methoxy groups -OCH3 is 1. The first kappa shape index (κ1) is 21.0. The van der Waals surface area contributed by atoms with Crippen LogP contribution < -0.4 is 10.1 Å². The van der Waals surface area contributed by atoms with Crippen LogP contribution in [0.5, 0.6) is 5.88 Å². The van der Waals surface area contributed by atoms with Crippen LogP contribution in [0.4, 0.5) is 0 Å². The SMILES string of the molecule is CCc1c(C(=O)NC2CCN(Cc3ccccc3)CC2)cnn1-c1ccc(OC)nn1. The maximum absolute atomic E-state index is 13.0. The van der Waals surface area contributed by atoms with E-state index in [2.05, 4.69) is 49.8 Å². The highest BCUT2D eigenvalue weighted by atomic mass is 16.5. The summed E-state index contributed by atoms with van der Waals surface area (Å²) >= 11 is 0. The summed E-state index contributed by atoms with van der Waals surface area (Å²) < 4.78 is 6.73. The molecule has 1 amide bonds. The van der Waals surface area contributed by atoms with Gasteiger partial charge in [0.1, 0.15) is 0 Å². The van der Waals surface area contributed by atoms with Crippen molar-refractivity contribution >= 4 is 5.91 Å². The molecule has 0 saturated carbocycles. The quantitative estimate of drug-likeness (QED) is 0.633. The van der Waals surface area contributed by atoms with E-state index in [1.54, 1.807) is 30.1 Å². The molecule has 1 aliphatic heterocycles. The fourth-order valence-electron chi connectivity index (χ4n) is 3.98. The van der Waals surface area contributed by atoms with Gasteiger partial charge in [0.15, 0.2) is 5.82 Å². The predicted octanol–water partition coefficient (Wildman–Crippen LogP) is 2.63. The molecule has 162 valence electrons. The maximum Gasteiger partial charge on any atom is 0.254 e. The molecule has 8 heteroatoms. The number of piperidine rings is 1. The van der Waals surface area contributed by atoms with Crippen molar-refractivity contribution < 1.29 is 9.53 Å². The second kappa shape index (κ2) is 9.70. The highest BCUT2D eigenvalue weighted by Crippen LogP contribution is 2.18. The third kappa shape index (κ3) is 4.91. The molecule has 0 bridgehead atoms. The van der Waals surface area contributed by atoms with Crippen LogP contribution in [0, 0.1) is 0 Å². The van der Waals surface area contributed by atoms with Crippen molar-refractivity contribution in [2.75, 3.05) is 20.2 Å². The van der Waals surface area contributed by atoms with E-state index in [0.717, 1.165) is 38.2 Å². The lowest BCUT2D eigenvalue weighted by molar-refractivity contribution is 0.0908. The van der Waals surface area contributed by atoms with Crippen LogP contribution in [0.15, 0.2) is 48.7 Å². The van der Waals surface area contributed by atoms with E-state index in [0.29, 0.717) is 23.7 Å². The van der Waals surface area contributed by atoms with Crippen molar-refractivity contribution in [2.24, 2.45) is 0 Å². The van der Waals surface area contributed by atoms with Crippen molar-refractivity contribution in [1.82, 2.24) is 30.2 Å². The van der Waals surface area contributed by atoms with Crippen molar-refractivity contribution in [1.29, 1.82) is 0 Å². The van der Waals surface area contributed by atoms with Gasteiger partial charge in [-0.2, -0.15) is 5.10 Å². The lowest BCUT2D eigenvalue weighted by Gasteiger charge is -2.32. The molecule has 3 aromatic rings. The summed E-state index contributed by atoms with van der Waals surface area (Å²) in [5.41, 5.74) is 2.73. The summed E-state index contributed by atoms with van der Waals surface area (Å²) in [6, 6.07) is 14.2. The molecule has 31 heavy (non-hydrogen) atoms. The predicted molar refractivity (Wildman–Crippen MR) is 117 cm³/mol. The van der Waals surface area contributed by atoms with Crippen LogP contribution in [0.25, 0.3) is 5.82 Å². The summed E-state index contributed by atoms with van der Waals surface area (Å²) in [6.07, 6.45) is 4.16. The van der Waals surface area contributed by atoms with Gasteiger partial charge in [-0.05, 0) is 30.9 Å². The van der Waals surface area contributed by atoms with Gasteiger partial charge in [0, 0.05) is 31.7 Å². The van der Waals surface area contributed by atoms with Crippen LogP contribution in [0.2, 0.25) is 0 Å². The number of rotatable bonds is 7. The minimum Gasteiger partial charge on any atom is -0.480 e. The number of amides is 1. The van der Waals surface area contributed by atoms with Gasteiger partial charge in [0.05, 0.1) is 24.6 Å². The number of benzene rings is 1. The summed E-state index contributed by atoms with van der Waals surface area (Å²) in [4.78, 5) is 15.4. The Morgan fingerprint density at radius 1 is 1.13 bits per heavy atom. The monoisotopic (exact) mass is 420 g/mol. The summed E-state index contributed by atoms with van der Waals surface area (Å²) in [7, 11) is 1.55. The molecule has 1 saturated heterocycles. The third-order valence-electron chi connectivity index (χ3n) is 5.67. The number of carbonyl (C=O) groups is 1. The molecule has 1 fully saturated rings. The Hall–Kier alpha value is -3.26. The van der Waals surface area contributed by atoms with Gasteiger partial charge in [-0.3, -0.25) is 9.69 Å². The number of carbonyl (C=O) groups excluding carboxylic acids is 1. The van der Waals surface area contributed by atoms with E-state index < -0.39 is 0 Å². The number of nitrogens with zero attached hydrogens (tertiary/aromatic N) is 5. The zero-order valence-corrected chi connectivity index (χ0v) is 18.0. The van der Waals surface area contributed by atoms with Gasteiger partial charge in [-0.15, -0.1) is 10.2 Å². The molecular formula is C23H28N6O2. The zero-order chi connectivity index (χ0) is 21.6. The number of hydrogen-bond donors (Lipinski definition) is 1. The maximum atomic E-state index is 13.0. The third-order valence-corrected chi connectivity index (χ3v) is 5.67. The fraction of sp³-hybridized carbons (Fsp3) is 0.391. The van der Waals surface area contributed by atoms with Crippen molar-refractivity contribution in [3.63, 3.8) is 0 Å². The Labute approximate surface area is 182 Å². The van der Waals surface area contributed by atoms with E-state index in [9.17, 15) is 4.79 Å². The van der Waals surface area contributed by atoms with Gasteiger partial charge in [-0.25, -0.2) is 4.68 Å². The highest BCUT2D eigenvalue weighted by molar-refractivity contribution is 5.95. The Morgan fingerprint density at radius 2 is 1.90 bits per heavy atom. The number of nitrogens with one attached hydrogen (secondary N) is 1. The number of hydrogen-bond acceptors (Lipinski definition) is 6. The normalized spacial score (nSPS) is 15.0. The van der Waals surface area contributed by atoms with Gasteiger partial charge < -0.3 is 10.1 Å². The molecule has 1 N–H and O–H groups in total. The summed E-state index contributed by atoms with van der Waals surface area (Å²) in [5.74, 6) is 0.919. The second-order valence-corrected chi connectivity index (χ2v) is 7.71. The van der Waals surface area contributed by atoms with Crippen LogP contribution >= 0.6 is 0 Å². The van der Waals surface area contributed by atoms with E-state index in [4.69, 9.17) is 4.74 Å². The average molecular weight is 421 g/mol. The largest absolute Gasteiger partial charge is 0.480 e. The molecule has 3 heterocycles. The zero-order valence-electron chi connectivity index (χ0n) is 18.0. The topological polar surface area (TPSA) is 85.2 Å². The molecule has 0 spiro atoms. The number of likely N-dealkylation sites (tertiary alicyclic amines) is 1. The van der Waals surface area contributed by atoms with Gasteiger partial charge in [0.2, 0.25) is 5.88 Å².